The van der Waals surface area contributed by atoms with Gasteiger partial charge in [-0.05, 0) is 26.6 Å². The molecule has 0 amide bonds. The number of methoxy groups -OCH3 is 1. The van der Waals surface area contributed by atoms with E-state index in [2.05, 4.69) is 0 Å². The van der Waals surface area contributed by atoms with E-state index in [1.54, 1.807) is 19.2 Å². The zero-order valence-electron chi connectivity index (χ0n) is 9.77. The Bertz CT molecular complexity index is 377. The SMILES string of the molecule is COc1ccc([N+](=O)[O-])cc1CCN(C)C. The largest absolute Gasteiger partial charge is 0.496 e. The fraction of sp³-hybridized carbons (Fsp3) is 0.455. The summed E-state index contributed by atoms with van der Waals surface area (Å²) in [5.41, 5.74) is 0.972. The van der Waals surface area contributed by atoms with Crippen LogP contribution in [0.15, 0.2) is 18.2 Å². The van der Waals surface area contributed by atoms with E-state index in [0.717, 1.165) is 18.5 Å². The van der Waals surface area contributed by atoms with Gasteiger partial charge in [0.1, 0.15) is 5.75 Å². The molecule has 0 radical (unpaired) electrons. The van der Waals surface area contributed by atoms with E-state index in [1.165, 1.54) is 6.07 Å². The van der Waals surface area contributed by atoms with Crippen molar-refractivity contribution in [3.8, 4) is 5.75 Å². The van der Waals surface area contributed by atoms with Gasteiger partial charge in [-0.15, -0.1) is 0 Å². The second kappa shape index (κ2) is 5.46. The first-order valence-corrected chi connectivity index (χ1v) is 5.00. The van der Waals surface area contributed by atoms with Crippen molar-refractivity contribution in [3.05, 3.63) is 33.9 Å². The van der Waals surface area contributed by atoms with Crippen LogP contribution < -0.4 is 4.74 Å². The molecule has 1 aromatic carbocycles. The van der Waals surface area contributed by atoms with Crippen LogP contribution in [-0.2, 0) is 6.42 Å². The summed E-state index contributed by atoms with van der Waals surface area (Å²) in [7, 11) is 5.49. The summed E-state index contributed by atoms with van der Waals surface area (Å²) < 4.78 is 5.17. The van der Waals surface area contributed by atoms with E-state index in [4.69, 9.17) is 4.74 Å². The lowest BCUT2D eigenvalue weighted by Crippen LogP contribution is -2.15. The van der Waals surface area contributed by atoms with Gasteiger partial charge in [-0.1, -0.05) is 0 Å². The quantitative estimate of drug-likeness (QED) is 0.564. The molecule has 0 fully saturated rings. The molecule has 0 aromatic heterocycles. The first-order chi connectivity index (χ1) is 7.54. The predicted molar refractivity (Wildman–Crippen MR) is 61.9 cm³/mol. The van der Waals surface area contributed by atoms with Crippen LogP contribution in [0.2, 0.25) is 0 Å². The van der Waals surface area contributed by atoms with Crippen molar-refractivity contribution in [1.82, 2.24) is 4.90 Å². The number of nitrogens with zero attached hydrogens (tertiary/aromatic N) is 2. The van der Waals surface area contributed by atoms with Gasteiger partial charge < -0.3 is 9.64 Å². The summed E-state index contributed by atoms with van der Waals surface area (Å²) >= 11 is 0. The van der Waals surface area contributed by atoms with Crippen molar-refractivity contribution in [2.45, 2.75) is 6.42 Å². The third-order valence-corrected chi connectivity index (χ3v) is 2.30. The molecule has 0 bridgehead atoms. The minimum atomic E-state index is -0.390. The molecule has 16 heavy (non-hydrogen) atoms. The summed E-state index contributed by atoms with van der Waals surface area (Å²) in [6, 6.07) is 4.67. The monoisotopic (exact) mass is 224 g/mol. The van der Waals surface area contributed by atoms with Crippen molar-refractivity contribution < 1.29 is 9.66 Å². The van der Waals surface area contributed by atoms with Gasteiger partial charge in [0.25, 0.3) is 5.69 Å². The summed E-state index contributed by atoms with van der Waals surface area (Å²) in [6.07, 6.45) is 0.734. The molecule has 88 valence electrons. The fourth-order valence-corrected chi connectivity index (χ4v) is 1.42. The lowest BCUT2D eigenvalue weighted by molar-refractivity contribution is -0.384. The lowest BCUT2D eigenvalue weighted by atomic mass is 10.1. The van der Waals surface area contributed by atoms with Gasteiger partial charge in [0.2, 0.25) is 0 Å². The number of hydrogen-bond donors (Lipinski definition) is 0. The normalized spacial score (nSPS) is 10.5. The number of nitro benzene ring substituents is 1. The Hall–Kier alpha value is -1.62. The molecule has 0 aliphatic rings. The molecule has 1 rings (SSSR count). The highest BCUT2D eigenvalue weighted by Gasteiger charge is 2.11. The van der Waals surface area contributed by atoms with Crippen LogP contribution in [0.25, 0.3) is 0 Å². The Kier molecular flexibility index (Phi) is 4.25. The van der Waals surface area contributed by atoms with Crippen LogP contribution in [0.3, 0.4) is 0 Å². The topological polar surface area (TPSA) is 55.6 Å². The smallest absolute Gasteiger partial charge is 0.269 e. The number of ether oxygens (including phenoxy) is 1. The number of non-ortho nitro benzene ring substituents is 1. The molecule has 0 atom stereocenters. The third-order valence-electron chi connectivity index (χ3n) is 2.30. The molecule has 0 spiro atoms. The van der Waals surface area contributed by atoms with Gasteiger partial charge in [-0.3, -0.25) is 10.1 Å². The highest BCUT2D eigenvalue weighted by atomic mass is 16.6. The minimum Gasteiger partial charge on any atom is -0.496 e. The van der Waals surface area contributed by atoms with Gasteiger partial charge in [-0.2, -0.15) is 0 Å². The second-order valence-electron chi connectivity index (χ2n) is 3.81. The van der Waals surface area contributed by atoms with Crippen molar-refractivity contribution in [2.24, 2.45) is 0 Å². The minimum absolute atomic E-state index is 0.106. The highest BCUT2D eigenvalue weighted by Crippen LogP contribution is 2.24. The zero-order chi connectivity index (χ0) is 12.1. The van der Waals surface area contributed by atoms with E-state index in [9.17, 15) is 10.1 Å². The molecule has 0 saturated carbocycles. The molecule has 0 unspecified atom stereocenters. The Labute approximate surface area is 94.8 Å². The molecule has 0 aliphatic heterocycles. The predicted octanol–water partition coefficient (Wildman–Crippen LogP) is 1.71. The summed E-state index contributed by atoms with van der Waals surface area (Å²) in [5.74, 6) is 0.701. The van der Waals surface area contributed by atoms with Gasteiger partial charge in [0.05, 0.1) is 12.0 Å². The summed E-state index contributed by atoms with van der Waals surface area (Å²) in [5, 5.41) is 10.6. The average Bonchev–Trinajstić information content (AvgIpc) is 2.25. The van der Waals surface area contributed by atoms with Crippen LogP contribution in [0.5, 0.6) is 5.75 Å². The maximum absolute atomic E-state index is 10.6. The zero-order valence-corrected chi connectivity index (χ0v) is 9.77. The van der Waals surface area contributed by atoms with E-state index in [-0.39, 0.29) is 5.69 Å². The molecule has 0 N–H and O–H groups in total. The lowest BCUT2D eigenvalue weighted by Gasteiger charge is -2.11. The van der Waals surface area contributed by atoms with Gasteiger partial charge in [-0.25, -0.2) is 0 Å². The maximum atomic E-state index is 10.6. The standard InChI is InChI=1S/C11H16N2O3/c1-12(2)7-6-9-8-10(13(14)15)4-5-11(9)16-3/h4-5,8H,6-7H2,1-3H3. The van der Waals surface area contributed by atoms with Crippen LogP contribution in [0, 0.1) is 10.1 Å². The fourth-order valence-electron chi connectivity index (χ4n) is 1.42. The Morgan fingerprint density at radius 3 is 2.62 bits per heavy atom. The molecule has 5 nitrogen and oxygen atoms in total. The van der Waals surface area contributed by atoms with E-state index >= 15 is 0 Å². The first-order valence-electron chi connectivity index (χ1n) is 5.00. The Morgan fingerprint density at radius 2 is 2.12 bits per heavy atom. The third kappa shape index (κ3) is 3.20. The first kappa shape index (κ1) is 12.4. The van der Waals surface area contributed by atoms with E-state index in [0.29, 0.717) is 5.75 Å². The van der Waals surface area contributed by atoms with Crippen molar-refractivity contribution in [3.63, 3.8) is 0 Å². The molecular weight excluding hydrogens is 208 g/mol. The number of hydrogen-bond acceptors (Lipinski definition) is 4. The summed E-state index contributed by atoms with van der Waals surface area (Å²) in [4.78, 5) is 12.3. The van der Waals surface area contributed by atoms with Crippen molar-refractivity contribution in [1.29, 1.82) is 0 Å². The van der Waals surface area contributed by atoms with Gasteiger partial charge in [0.15, 0.2) is 0 Å². The van der Waals surface area contributed by atoms with E-state index in [1.807, 2.05) is 19.0 Å². The van der Waals surface area contributed by atoms with Gasteiger partial charge >= 0.3 is 0 Å². The average molecular weight is 224 g/mol. The van der Waals surface area contributed by atoms with Crippen LogP contribution in [-0.4, -0.2) is 37.6 Å². The Morgan fingerprint density at radius 1 is 1.44 bits per heavy atom. The van der Waals surface area contributed by atoms with Crippen molar-refractivity contribution in [2.75, 3.05) is 27.7 Å². The molecule has 0 saturated heterocycles. The summed E-state index contributed by atoms with van der Waals surface area (Å²) in [6.45, 7) is 0.831. The molecular formula is C11H16N2O3. The second-order valence-corrected chi connectivity index (χ2v) is 3.81. The number of likely N-dealkylation sites (N-methyl/N-ethyl adjacent to an activating group) is 1. The van der Waals surface area contributed by atoms with E-state index < -0.39 is 4.92 Å². The highest BCUT2D eigenvalue weighted by molar-refractivity contribution is 5.43. The number of nitro groups is 1. The number of benzene rings is 1. The van der Waals surface area contributed by atoms with Crippen molar-refractivity contribution >= 4 is 5.69 Å². The number of rotatable bonds is 5. The van der Waals surface area contributed by atoms with Gasteiger partial charge in [0, 0.05) is 24.2 Å². The van der Waals surface area contributed by atoms with Crippen LogP contribution in [0.1, 0.15) is 5.56 Å². The molecule has 0 heterocycles. The molecule has 5 heteroatoms. The molecule has 0 aliphatic carbocycles. The maximum Gasteiger partial charge on any atom is 0.269 e. The molecule has 1 aromatic rings. The van der Waals surface area contributed by atoms with Crippen LogP contribution in [0.4, 0.5) is 5.69 Å². The Balaban J connectivity index is 2.93. The van der Waals surface area contributed by atoms with Crippen LogP contribution >= 0.6 is 0 Å².